The van der Waals surface area contributed by atoms with E-state index in [4.69, 9.17) is 0 Å². The summed E-state index contributed by atoms with van der Waals surface area (Å²) in [6.45, 7) is 3.99. The van der Waals surface area contributed by atoms with Gasteiger partial charge in [0.25, 0.3) is 0 Å². The van der Waals surface area contributed by atoms with Crippen LogP contribution in [0.4, 0.5) is 5.69 Å². The first kappa shape index (κ1) is 17.5. The van der Waals surface area contributed by atoms with Gasteiger partial charge in [0.2, 0.25) is 5.91 Å². The van der Waals surface area contributed by atoms with E-state index >= 15 is 0 Å². The van der Waals surface area contributed by atoms with Crippen molar-refractivity contribution in [2.24, 2.45) is 23.2 Å². The smallest absolute Gasteiger partial charge is 0.312 e. The zero-order valence-electron chi connectivity index (χ0n) is 15.7. The molecule has 0 atom stereocenters. The molecule has 0 radical (unpaired) electrons. The molecular weight excluding hydrogens is 332 g/mol. The van der Waals surface area contributed by atoms with Crippen LogP contribution in [0.5, 0.6) is 0 Å². The van der Waals surface area contributed by atoms with Crippen LogP contribution in [0.1, 0.15) is 56.3 Å². The van der Waals surface area contributed by atoms with Crippen molar-refractivity contribution >= 4 is 11.6 Å². The maximum Gasteiger partial charge on any atom is 0.312 e. The molecule has 7 heteroatoms. The zero-order valence-corrected chi connectivity index (χ0v) is 15.7. The minimum atomic E-state index is -0.431. The molecule has 1 N–H and O–H groups in total. The molecule has 4 fully saturated rings. The molecule has 0 unspecified atom stereocenters. The summed E-state index contributed by atoms with van der Waals surface area (Å²) in [5.41, 5.74) is 1.25. The normalized spacial score (nSPS) is 32.0. The largest absolute Gasteiger partial charge is 0.354 e. The van der Waals surface area contributed by atoms with Gasteiger partial charge in [0.05, 0.1) is 4.92 Å². The van der Waals surface area contributed by atoms with Gasteiger partial charge in [-0.15, -0.1) is 0 Å². The van der Waals surface area contributed by atoms with Crippen molar-refractivity contribution in [1.29, 1.82) is 0 Å². The van der Waals surface area contributed by atoms with Gasteiger partial charge in [-0.05, 0) is 82.0 Å². The van der Waals surface area contributed by atoms with Crippen molar-refractivity contribution in [3.05, 3.63) is 21.5 Å². The van der Waals surface area contributed by atoms with E-state index in [1.54, 1.807) is 13.8 Å². The first-order chi connectivity index (χ1) is 12.3. The van der Waals surface area contributed by atoms with E-state index in [0.717, 1.165) is 24.2 Å². The van der Waals surface area contributed by atoms with Crippen LogP contribution in [0.15, 0.2) is 0 Å². The van der Waals surface area contributed by atoms with Crippen molar-refractivity contribution in [1.82, 2.24) is 15.1 Å². The van der Waals surface area contributed by atoms with Gasteiger partial charge in [0.1, 0.15) is 17.9 Å². The lowest BCUT2D eigenvalue weighted by atomic mass is 9.49. The second-order valence-corrected chi connectivity index (χ2v) is 8.95. The molecular formula is C19H28N4O3. The Morgan fingerprint density at radius 3 is 2.31 bits per heavy atom. The Morgan fingerprint density at radius 2 is 1.81 bits per heavy atom. The fourth-order valence-electron chi connectivity index (χ4n) is 6.36. The molecule has 26 heavy (non-hydrogen) atoms. The molecule has 142 valence electrons. The molecule has 1 heterocycles. The molecule has 1 amide bonds. The Hall–Kier alpha value is -1.92. The number of hydrogen-bond donors (Lipinski definition) is 1. The molecule has 5 rings (SSSR count). The molecule has 4 bridgehead atoms. The lowest BCUT2D eigenvalue weighted by Gasteiger charge is -2.57. The van der Waals surface area contributed by atoms with Crippen LogP contribution in [0, 0.1) is 47.1 Å². The minimum Gasteiger partial charge on any atom is -0.354 e. The van der Waals surface area contributed by atoms with Gasteiger partial charge in [0, 0.05) is 6.54 Å². The van der Waals surface area contributed by atoms with Gasteiger partial charge < -0.3 is 5.32 Å². The number of nitrogens with one attached hydrogen (secondary N) is 1. The number of nitrogens with zero attached hydrogens (tertiary/aromatic N) is 3. The molecule has 0 spiro atoms. The van der Waals surface area contributed by atoms with Crippen LogP contribution in [0.2, 0.25) is 0 Å². The van der Waals surface area contributed by atoms with Crippen LogP contribution in [-0.4, -0.2) is 27.2 Å². The van der Waals surface area contributed by atoms with Crippen LogP contribution in [-0.2, 0) is 11.3 Å². The molecule has 0 aliphatic heterocycles. The average Bonchev–Trinajstić information content (AvgIpc) is 2.79. The summed E-state index contributed by atoms with van der Waals surface area (Å²) in [6, 6.07) is 0. The van der Waals surface area contributed by atoms with Crippen molar-refractivity contribution in [2.45, 2.75) is 65.3 Å². The summed E-state index contributed by atoms with van der Waals surface area (Å²) in [5, 5.41) is 18.2. The van der Waals surface area contributed by atoms with Gasteiger partial charge in [-0.1, -0.05) is 0 Å². The Balaban J connectivity index is 1.31. The van der Waals surface area contributed by atoms with Crippen LogP contribution >= 0.6 is 0 Å². The van der Waals surface area contributed by atoms with E-state index in [1.807, 2.05) is 0 Å². The zero-order chi connectivity index (χ0) is 18.5. The maximum atomic E-state index is 12.3. The Morgan fingerprint density at radius 1 is 1.23 bits per heavy atom. The van der Waals surface area contributed by atoms with Crippen LogP contribution in [0.25, 0.3) is 0 Å². The number of aryl methyl sites for hydroxylation is 1. The standard InChI is InChI=1S/C19H28N4O3/c1-12-18(23(25)26)13(2)22(21-12)11-17(24)20-4-3-19-8-14-5-15(9-19)7-16(6-14)10-19/h14-16H,3-11H2,1-2H3,(H,20,24). The van der Waals surface area contributed by atoms with E-state index in [2.05, 4.69) is 10.4 Å². The van der Waals surface area contributed by atoms with Crippen molar-refractivity contribution in [2.75, 3.05) is 6.54 Å². The highest BCUT2D eigenvalue weighted by molar-refractivity contribution is 5.75. The number of amides is 1. The molecule has 1 aromatic heterocycles. The molecule has 1 aromatic rings. The average molecular weight is 360 g/mol. The highest BCUT2D eigenvalue weighted by Gasteiger charge is 2.50. The topological polar surface area (TPSA) is 90.1 Å². The van der Waals surface area contributed by atoms with Crippen molar-refractivity contribution in [3.8, 4) is 0 Å². The number of rotatable bonds is 6. The number of nitro groups is 1. The molecule has 4 aliphatic carbocycles. The van der Waals surface area contributed by atoms with Crippen molar-refractivity contribution in [3.63, 3.8) is 0 Å². The molecule has 0 saturated heterocycles. The first-order valence-corrected chi connectivity index (χ1v) is 9.80. The third-order valence-corrected chi connectivity index (χ3v) is 6.96. The molecule has 0 aromatic carbocycles. The summed E-state index contributed by atoms with van der Waals surface area (Å²) < 4.78 is 1.44. The summed E-state index contributed by atoms with van der Waals surface area (Å²) in [4.78, 5) is 22.9. The molecule has 7 nitrogen and oxygen atoms in total. The highest BCUT2D eigenvalue weighted by atomic mass is 16.6. The lowest BCUT2D eigenvalue weighted by Crippen LogP contribution is -2.47. The summed E-state index contributed by atoms with van der Waals surface area (Å²) in [5.74, 6) is 2.65. The fourth-order valence-corrected chi connectivity index (χ4v) is 6.36. The molecule has 4 aliphatic rings. The number of aromatic nitrogens is 2. The molecule has 4 saturated carbocycles. The monoisotopic (exact) mass is 360 g/mol. The third-order valence-electron chi connectivity index (χ3n) is 6.96. The van der Waals surface area contributed by atoms with E-state index in [9.17, 15) is 14.9 Å². The fraction of sp³-hybridized carbons (Fsp3) is 0.789. The minimum absolute atomic E-state index is 0.00590. The van der Waals surface area contributed by atoms with E-state index < -0.39 is 4.92 Å². The van der Waals surface area contributed by atoms with Gasteiger partial charge >= 0.3 is 5.69 Å². The Bertz CT molecular complexity index is 704. The van der Waals surface area contributed by atoms with Crippen LogP contribution < -0.4 is 5.32 Å². The lowest BCUT2D eigenvalue weighted by molar-refractivity contribution is -0.386. The maximum absolute atomic E-state index is 12.3. The second-order valence-electron chi connectivity index (χ2n) is 8.95. The quantitative estimate of drug-likeness (QED) is 0.623. The third kappa shape index (κ3) is 3.12. The summed E-state index contributed by atoms with van der Waals surface area (Å²) >= 11 is 0. The first-order valence-electron chi connectivity index (χ1n) is 9.80. The van der Waals surface area contributed by atoms with E-state index in [0.29, 0.717) is 23.3 Å². The van der Waals surface area contributed by atoms with Gasteiger partial charge in [-0.25, -0.2) is 0 Å². The van der Waals surface area contributed by atoms with E-state index in [-0.39, 0.29) is 18.1 Å². The predicted octanol–water partition coefficient (Wildman–Crippen LogP) is 3.13. The number of hydrogen-bond acceptors (Lipinski definition) is 4. The number of carbonyl (C=O) groups excluding carboxylic acids is 1. The van der Waals surface area contributed by atoms with Gasteiger partial charge in [0.15, 0.2) is 0 Å². The Kier molecular flexibility index (Phi) is 4.28. The second kappa shape index (κ2) is 6.35. The summed E-state index contributed by atoms with van der Waals surface area (Å²) in [7, 11) is 0. The van der Waals surface area contributed by atoms with Gasteiger partial charge in [-0.2, -0.15) is 5.10 Å². The Labute approximate surface area is 153 Å². The highest BCUT2D eigenvalue weighted by Crippen LogP contribution is 2.61. The van der Waals surface area contributed by atoms with E-state index in [1.165, 1.54) is 43.2 Å². The SMILES string of the molecule is Cc1nn(CC(=O)NCCC23CC4CC(CC(C4)C2)C3)c(C)c1[N+](=O)[O-]. The van der Waals surface area contributed by atoms with Crippen molar-refractivity contribution < 1.29 is 9.72 Å². The number of carbonyl (C=O) groups is 1. The summed E-state index contributed by atoms with van der Waals surface area (Å²) in [6.07, 6.45) is 9.40. The predicted molar refractivity (Wildman–Crippen MR) is 96.6 cm³/mol. The van der Waals surface area contributed by atoms with Gasteiger partial charge in [-0.3, -0.25) is 19.6 Å². The van der Waals surface area contributed by atoms with Crippen LogP contribution in [0.3, 0.4) is 0 Å².